The van der Waals surface area contributed by atoms with E-state index in [4.69, 9.17) is 9.47 Å². The van der Waals surface area contributed by atoms with Gasteiger partial charge in [0.15, 0.2) is 0 Å². The number of hydrogen-bond donors (Lipinski definition) is 2. The Hall–Kier alpha value is -2.89. The Labute approximate surface area is 242 Å². The number of rotatable bonds is 24. The van der Waals surface area contributed by atoms with E-state index in [0.29, 0.717) is 18.8 Å². The Morgan fingerprint density at radius 3 is 1.48 bits per heavy atom. The van der Waals surface area contributed by atoms with E-state index in [2.05, 4.69) is 6.92 Å². The van der Waals surface area contributed by atoms with Crippen LogP contribution in [-0.2, 0) is 0 Å². The summed E-state index contributed by atoms with van der Waals surface area (Å²) in [7, 11) is 0. The first-order chi connectivity index (χ1) is 19.6. The zero-order chi connectivity index (χ0) is 28.7. The van der Waals surface area contributed by atoms with Crippen LogP contribution < -0.4 is 9.47 Å². The van der Waals surface area contributed by atoms with Gasteiger partial charge in [-0.25, -0.2) is 4.79 Å². The van der Waals surface area contributed by atoms with Gasteiger partial charge < -0.3 is 24.6 Å². The van der Waals surface area contributed by atoms with Crippen molar-refractivity contribution in [2.45, 2.75) is 116 Å². The van der Waals surface area contributed by atoms with Crippen LogP contribution >= 0.6 is 0 Å². The molecule has 0 aromatic heterocycles. The van der Waals surface area contributed by atoms with Crippen LogP contribution in [-0.4, -0.2) is 40.9 Å². The van der Waals surface area contributed by atoms with Crippen molar-refractivity contribution in [1.82, 2.24) is 4.90 Å². The summed E-state index contributed by atoms with van der Waals surface area (Å²) >= 11 is 0. The van der Waals surface area contributed by atoms with Crippen LogP contribution in [0.5, 0.6) is 23.0 Å². The molecule has 6 nitrogen and oxygen atoms in total. The molecule has 0 radical (unpaired) electrons. The second-order valence-corrected chi connectivity index (χ2v) is 10.8. The van der Waals surface area contributed by atoms with E-state index >= 15 is 0 Å². The third-order valence-electron chi connectivity index (χ3n) is 7.29. The van der Waals surface area contributed by atoms with Crippen molar-refractivity contribution >= 4 is 6.09 Å². The molecule has 2 N–H and O–H groups in total. The zero-order valence-electron chi connectivity index (χ0n) is 24.8. The van der Waals surface area contributed by atoms with Gasteiger partial charge in [-0.05, 0) is 67.8 Å². The van der Waals surface area contributed by atoms with Crippen LogP contribution in [0.25, 0.3) is 0 Å². The highest BCUT2D eigenvalue weighted by atomic mass is 16.5. The first kappa shape index (κ1) is 33.3. The maximum Gasteiger partial charge on any atom is 0.407 e. The molecular formula is C34H53NO5. The summed E-state index contributed by atoms with van der Waals surface area (Å²) in [4.78, 5) is 13.1. The van der Waals surface area contributed by atoms with Gasteiger partial charge in [-0.1, -0.05) is 96.8 Å². The summed E-state index contributed by atoms with van der Waals surface area (Å²) < 4.78 is 11.6. The van der Waals surface area contributed by atoms with Crippen molar-refractivity contribution in [3.8, 4) is 23.0 Å². The van der Waals surface area contributed by atoms with E-state index in [1.54, 1.807) is 29.2 Å². The molecular weight excluding hydrogens is 502 g/mol. The number of phenolic OH excluding ortho intramolecular Hbond substituents is 1. The summed E-state index contributed by atoms with van der Waals surface area (Å²) in [5.41, 5.74) is 0. The number of ether oxygens (including phenoxy) is 2. The van der Waals surface area contributed by atoms with Gasteiger partial charge in [-0.15, -0.1) is 0 Å². The summed E-state index contributed by atoms with van der Waals surface area (Å²) in [5.74, 6) is 2.48. The van der Waals surface area contributed by atoms with Crippen molar-refractivity contribution in [1.29, 1.82) is 0 Å². The molecule has 0 saturated heterocycles. The highest BCUT2D eigenvalue weighted by Gasteiger charge is 2.10. The maximum atomic E-state index is 11.5. The van der Waals surface area contributed by atoms with Gasteiger partial charge >= 0.3 is 6.09 Å². The van der Waals surface area contributed by atoms with Crippen molar-refractivity contribution in [2.24, 2.45) is 0 Å². The van der Waals surface area contributed by atoms with Gasteiger partial charge in [0.2, 0.25) is 0 Å². The van der Waals surface area contributed by atoms with E-state index in [-0.39, 0.29) is 5.75 Å². The Kier molecular flexibility index (Phi) is 18.2. The van der Waals surface area contributed by atoms with Crippen LogP contribution in [0.3, 0.4) is 0 Å². The minimum atomic E-state index is -0.761. The molecule has 0 spiro atoms. The molecule has 0 aliphatic rings. The van der Waals surface area contributed by atoms with Crippen LogP contribution in [0.15, 0.2) is 48.5 Å². The maximum absolute atomic E-state index is 11.5. The molecule has 0 heterocycles. The molecule has 0 bridgehead atoms. The summed E-state index contributed by atoms with van der Waals surface area (Å²) in [5, 5.41) is 18.8. The Balaban J connectivity index is 1.39. The van der Waals surface area contributed by atoms with E-state index < -0.39 is 6.09 Å². The molecule has 0 aliphatic heterocycles. The van der Waals surface area contributed by atoms with Crippen LogP contribution in [0.1, 0.15) is 116 Å². The topological polar surface area (TPSA) is 79.2 Å². The molecule has 0 atom stereocenters. The number of nitrogens with zero attached hydrogens (tertiary/aromatic N) is 1. The fourth-order valence-electron chi connectivity index (χ4n) is 4.83. The SMILES string of the molecule is CCCCCCCCCCN(CCCCCCCCCCCOc1ccc(Oc2ccc(O)cc2)cc1)C(=O)O. The normalized spacial score (nSPS) is 10.9. The molecule has 0 aliphatic carbocycles. The second-order valence-electron chi connectivity index (χ2n) is 10.8. The van der Waals surface area contributed by atoms with E-state index in [1.807, 2.05) is 24.3 Å². The lowest BCUT2D eigenvalue weighted by Crippen LogP contribution is -2.31. The Morgan fingerprint density at radius 2 is 1.00 bits per heavy atom. The standard InChI is InChI=1S/C34H53NO5/c1-2-3-4-5-6-10-13-16-27-35(34(37)38)28-17-14-11-8-7-9-12-15-18-29-39-31-23-25-33(26-24-31)40-32-21-19-30(36)20-22-32/h19-26,36H,2-18,27-29H2,1H3,(H,37,38). The van der Waals surface area contributed by atoms with Crippen molar-refractivity contribution < 1.29 is 24.5 Å². The molecule has 2 rings (SSSR count). The smallest absolute Gasteiger partial charge is 0.407 e. The molecule has 224 valence electrons. The highest BCUT2D eigenvalue weighted by molar-refractivity contribution is 5.64. The highest BCUT2D eigenvalue weighted by Crippen LogP contribution is 2.25. The van der Waals surface area contributed by atoms with Gasteiger partial charge in [0, 0.05) is 13.1 Å². The van der Waals surface area contributed by atoms with Gasteiger partial charge in [-0.3, -0.25) is 0 Å². The number of aromatic hydroxyl groups is 1. The van der Waals surface area contributed by atoms with Crippen molar-refractivity contribution in [3.63, 3.8) is 0 Å². The van der Waals surface area contributed by atoms with Crippen LogP contribution in [0.4, 0.5) is 4.79 Å². The lowest BCUT2D eigenvalue weighted by Gasteiger charge is -2.19. The Bertz CT molecular complexity index is 884. The molecule has 0 fully saturated rings. The van der Waals surface area contributed by atoms with Crippen molar-refractivity contribution in [3.05, 3.63) is 48.5 Å². The van der Waals surface area contributed by atoms with E-state index in [0.717, 1.165) is 50.2 Å². The molecule has 2 aromatic carbocycles. The molecule has 6 heteroatoms. The average molecular weight is 556 g/mol. The largest absolute Gasteiger partial charge is 0.508 e. The third kappa shape index (κ3) is 16.3. The van der Waals surface area contributed by atoms with Gasteiger partial charge in [0.25, 0.3) is 0 Å². The molecule has 40 heavy (non-hydrogen) atoms. The fourth-order valence-corrected chi connectivity index (χ4v) is 4.83. The summed E-state index contributed by atoms with van der Waals surface area (Å²) in [6.45, 7) is 4.33. The van der Waals surface area contributed by atoms with E-state index in [9.17, 15) is 15.0 Å². The number of hydrogen-bond acceptors (Lipinski definition) is 4. The monoisotopic (exact) mass is 555 g/mol. The van der Waals surface area contributed by atoms with Crippen LogP contribution in [0, 0.1) is 0 Å². The third-order valence-corrected chi connectivity index (χ3v) is 7.29. The summed E-state index contributed by atoms with van der Waals surface area (Å²) in [6.07, 6.45) is 19.7. The minimum absolute atomic E-state index is 0.219. The van der Waals surface area contributed by atoms with E-state index in [1.165, 1.54) is 77.0 Å². The first-order valence-electron chi connectivity index (χ1n) is 15.8. The Morgan fingerprint density at radius 1 is 0.600 bits per heavy atom. The lowest BCUT2D eigenvalue weighted by atomic mass is 10.1. The van der Waals surface area contributed by atoms with Gasteiger partial charge in [0.05, 0.1) is 6.61 Å². The summed E-state index contributed by atoms with van der Waals surface area (Å²) in [6, 6.07) is 14.3. The zero-order valence-corrected chi connectivity index (χ0v) is 24.8. The molecule has 0 unspecified atom stereocenters. The average Bonchev–Trinajstić information content (AvgIpc) is 2.95. The van der Waals surface area contributed by atoms with Crippen molar-refractivity contribution in [2.75, 3.05) is 19.7 Å². The first-order valence-corrected chi connectivity index (χ1v) is 15.8. The number of carboxylic acid groups (broad SMARTS) is 1. The predicted octanol–water partition coefficient (Wildman–Crippen LogP) is 10.2. The molecule has 0 saturated carbocycles. The number of phenols is 1. The molecule has 2 aromatic rings. The second kappa shape index (κ2) is 21.9. The fraction of sp³-hybridized carbons (Fsp3) is 0.618. The quantitative estimate of drug-likeness (QED) is 0.126. The predicted molar refractivity (Wildman–Crippen MR) is 164 cm³/mol. The number of carbonyl (C=O) groups is 1. The van der Waals surface area contributed by atoms with Crippen LogP contribution in [0.2, 0.25) is 0 Å². The number of amides is 1. The lowest BCUT2D eigenvalue weighted by molar-refractivity contribution is 0.143. The number of unbranched alkanes of at least 4 members (excludes halogenated alkanes) is 15. The van der Waals surface area contributed by atoms with Gasteiger partial charge in [0.1, 0.15) is 23.0 Å². The minimum Gasteiger partial charge on any atom is -0.508 e. The number of benzene rings is 2. The molecule has 1 amide bonds. The van der Waals surface area contributed by atoms with Gasteiger partial charge in [-0.2, -0.15) is 0 Å².